The molecular weight excluding hydrogens is 362 g/mol. The van der Waals surface area contributed by atoms with Gasteiger partial charge < -0.3 is 27.2 Å². The van der Waals surface area contributed by atoms with Crippen LogP contribution in [0.3, 0.4) is 0 Å². The Labute approximate surface area is 168 Å². The first-order valence-corrected chi connectivity index (χ1v) is 10.2. The summed E-state index contributed by atoms with van der Waals surface area (Å²) in [6.07, 6.45) is 8.50. The van der Waals surface area contributed by atoms with Crippen LogP contribution in [0, 0.1) is 11.8 Å². The zero-order chi connectivity index (χ0) is 18.0. The van der Waals surface area contributed by atoms with E-state index in [1.165, 1.54) is 31.5 Å². The van der Waals surface area contributed by atoms with E-state index in [1.54, 1.807) is 4.90 Å². The van der Waals surface area contributed by atoms with Crippen molar-refractivity contribution in [3.05, 3.63) is 47.5 Å². The third-order valence-electron chi connectivity index (χ3n) is 6.70. The van der Waals surface area contributed by atoms with Crippen molar-refractivity contribution in [1.29, 1.82) is 0 Å². The summed E-state index contributed by atoms with van der Waals surface area (Å²) in [6.45, 7) is 3.92. The Balaban J connectivity index is 0.00000210. The van der Waals surface area contributed by atoms with E-state index in [0.717, 1.165) is 32.2 Å². The molecule has 1 aromatic rings. The van der Waals surface area contributed by atoms with Gasteiger partial charge in [-0.25, -0.2) is 4.79 Å². The maximum absolute atomic E-state index is 12.9. The van der Waals surface area contributed by atoms with Gasteiger partial charge in [0.2, 0.25) is 0 Å². The standard InChI is InChI=1S/C22H29NO3.ClH/c24-21(26-15-12-18-16-23-13-10-17(18)11-14-23)22(25,20-8-4-5-9-20)19-6-2-1-3-7-19;/h1-3,6-7,12,17,20,25H,4-5,8-11,13-16H2;1H. The van der Waals surface area contributed by atoms with Crippen molar-refractivity contribution >= 4 is 5.97 Å². The topological polar surface area (TPSA) is 51.0 Å². The van der Waals surface area contributed by atoms with Crippen molar-refractivity contribution in [1.82, 2.24) is 0 Å². The highest BCUT2D eigenvalue weighted by Gasteiger charge is 2.47. The number of hydrogen-bond donors (Lipinski definition) is 2. The zero-order valence-electron chi connectivity index (χ0n) is 15.8. The molecule has 148 valence electrons. The largest absolute Gasteiger partial charge is 1.00 e. The fourth-order valence-electron chi connectivity index (χ4n) is 5.14. The van der Waals surface area contributed by atoms with Gasteiger partial charge in [0.1, 0.15) is 6.61 Å². The molecule has 3 saturated heterocycles. The molecule has 3 heterocycles. The van der Waals surface area contributed by atoms with Crippen LogP contribution in [0.1, 0.15) is 44.1 Å². The third kappa shape index (κ3) is 4.08. The molecule has 1 aliphatic carbocycles. The lowest BCUT2D eigenvalue weighted by molar-refractivity contribution is -0.908. The lowest BCUT2D eigenvalue weighted by Gasteiger charge is -2.38. The van der Waals surface area contributed by atoms with Crippen molar-refractivity contribution in [3.8, 4) is 0 Å². The number of benzene rings is 1. The Hall–Kier alpha value is -1.36. The first kappa shape index (κ1) is 20.4. The predicted molar refractivity (Wildman–Crippen MR) is 99.6 cm³/mol. The smallest absolute Gasteiger partial charge is 0.343 e. The van der Waals surface area contributed by atoms with E-state index < -0.39 is 11.6 Å². The van der Waals surface area contributed by atoms with Crippen molar-refractivity contribution < 1.29 is 31.9 Å². The number of fused-ring (bicyclic) bond motifs is 3. The van der Waals surface area contributed by atoms with Crippen molar-refractivity contribution in [2.45, 2.75) is 44.1 Å². The quantitative estimate of drug-likeness (QED) is 0.492. The second-order valence-electron chi connectivity index (χ2n) is 8.19. The fourth-order valence-corrected chi connectivity index (χ4v) is 5.14. The molecule has 4 nitrogen and oxygen atoms in total. The zero-order valence-corrected chi connectivity index (χ0v) is 16.6. The molecule has 5 rings (SSSR count). The van der Waals surface area contributed by atoms with Crippen molar-refractivity contribution in [3.63, 3.8) is 0 Å². The van der Waals surface area contributed by atoms with Crippen LogP contribution in [0.15, 0.2) is 42.0 Å². The highest BCUT2D eigenvalue weighted by Crippen LogP contribution is 2.41. The van der Waals surface area contributed by atoms with Crippen LogP contribution in [0.4, 0.5) is 0 Å². The summed E-state index contributed by atoms with van der Waals surface area (Å²) in [6, 6.07) is 9.34. The SMILES string of the molecule is O=C(OCC=C1C[NH+]2CCC1CC2)C(O)(c1ccccc1)C1CCCC1.[Cl-]. The predicted octanol–water partition coefficient (Wildman–Crippen LogP) is -1.15. The van der Waals surface area contributed by atoms with Crippen LogP contribution in [-0.4, -0.2) is 37.3 Å². The molecule has 1 unspecified atom stereocenters. The summed E-state index contributed by atoms with van der Waals surface area (Å²) in [5.74, 6) is 0.140. The van der Waals surface area contributed by atoms with Crippen LogP contribution in [0.5, 0.6) is 0 Å². The summed E-state index contributed by atoms with van der Waals surface area (Å²) in [4.78, 5) is 14.6. The summed E-state index contributed by atoms with van der Waals surface area (Å²) < 4.78 is 5.61. The molecule has 0 radical (unpaired) electrons. The van der Waals surface area contributed by atoms with E-state index in [-0.39, 0.29) is 24.9 Å². The average molecular weight is 392 g/mol. The number of rotatable bonds is 5. The molecule has 2 bridgehead atoms. The number of nitrogens with one attached hydrogen (secondary N) is 1. The molecule has 0 amide bonds. The van der Waals surface area contributed by atoms with E-state index in [9.17, 15) is 9.90 Å². The van der Waals surface area contributed by atoms with Crippen LogP contribution >= 0.6 is 0 Å². The number of quaternary nitrogens is 1. The van der Waals surface area contributed by atoms with Crippen LogP contribution < -0.4 is 17.3 Å². The molecule has 4 aliphatic rings. The molecular formula is C22H30ClNO3. The normalized spacial score (nSPS) is 28.6. The number of esters is 1. The Kier molecular flexibility index (Phi) is 6.61. The maximum atomic E-state index is 12.9. The molecule has 5 heteroatoms. The van der Waals surface area contributed by atoms with Gasteiger partial charge in [-0.05, 0) is 36.0 Å². The molecule has 1 aromatic carbocycles. The third-order valence-corrected chi connectivity index (χ3v) is 6.70. The molecule has 1 saturated carbocycles. The Bertz CT molecular complexity index is 663. The summed E-state index contributed by atoms with van der Waals surface area (Å²) >= 11 is 0. The van der Waals surface area contributed by atoms with Gasteiger partial charge in [-0.15, -0.1) is 0 Å². The fraction of sp³-hybridized carbons (Fsp3) is 0.591. The molecule has 1 atom stereocenters. The Morgan fingerprint density at radius 3 is 2.41 bits per heavy atom. The van der Waals surface area contributed by atoms with E-state index in [0.29, 0.717) is 11.5 Å². The van der Waals surface area contributed by atoms with Gasteiger partial charge in [0.15, 0.2) is 5.60 Å². The first-order chi connectivity index (χ1) is 12.7. The highest BCUT2D eigenvalue weighted by molar-refractivity contribution is 5.81. The number of hydrogen-bond acceptors (Lipinski definition) is 3. The minimum Gasteiger partial charge on any atom is -1.00 e. The monoisotopic (exact) mass is 391 g/mol. The first-order valence-electron chi connectivity index (χ1n) is 10.2. The van der Waals surface area contributed by atoms with Gasteiger partial charge >= 0.3 is 5.97 Å². The van der Waals surface area contributed by atoms with Crippen molar-refractivity contribution in [2.24, 2.45) is 11.8 Å². The molecule has 2 N–H and O–H groups in total. The number of piperidine rings is 3. The Morgan fingerprint density at radius 2 is 1.81 bits per heavy atom. The summed E-state index contributed by atoms with van der Waals surface area (Å²) in [7, 11) is 0. The van der Waals surface area contributed by atoms with E-state index in [2.05, 4.69) is 6.08 Å². The number of ether oxygens (including phenoxy) is 1. The van der Waals surface area contributed by atoms with Crippen LogP contribution in [-0.2, 0) is 15.1 Å². The Morgan fingerprint density at radius 1 is 1.15 bits per heavy atom. The van der Waals surface area contributed by atoms with Gasteiger partial charge in [-0.3, -0.25) is 0 Å². The van der Waals surface area contributed by atoms with Gasteiger partial charge in [0.05, 0.1) is 19.6 Å². The van der Waals surface area contributed by atoms with Crippen LogP contribution in [0.2, 0.25) is 0 Å². The summed E-state index contributed by atoms with van der Waals surface area (Å²) in [5.41, 5.74) is 0.586. The number of halogens is 1. The highest BCUT2D eigenvalue weighted by atomic mass is 35.5. The second kappa shape index (κ2) is 8.76. The lowest BCUT2D eigenvalue weighted by atomic mass is 9.80. The number of carbonyl (C=O) groups excluding carboxylic acids is 1. The molecule has 27 heavy (non-hydrogen) atoms. The summed E-state index contributed by atoms with van der Waals surface area (Å²) in [5, 5.41) is 11.4. The van der Waals surface area contributed by atoms with E-state index >= 15 is 0 Å². The van der Waals surface area contributed by atoms with Gasteiger partial charge in [-0.1, -0.05) is 43.2 Å². The number of aliphatic hydroxyl groups is 1. The average Bonchev–Trinajstić information content (AvgIpc) is 3.24. The van der Waals surface area contributed by atoms with Gasteiger partial charge in [0.25, 0.3) is 0 Å². The second-order valence-corrected chi connectivity index (χ2v) is 8.19. The maximum Gasteiger partial charge on any atom is 0.343 e. The number of carbonyl (C=O) groups is 1. The van der Waals surface area contributed by atoms with E-state index in [1.807, 2.05) is 30.3 Å². The lowest BCUT2D eigenvalue weighted by Crippen LogP contribution is -3.15. The van der Waals surface area contributed by atoms with Gasteiger partial charge in [0, 0.05) is 18.8 Å². The molecule has 4 fully saturated rings. The van der Waals surface area contributed by atoms with E-state index in [4.69, 9.17) is 4.74 Å². The minimum absolute atomic E-state index is 0. The molecule has 0 aromatic heterocycles. The molecule has 0 spiro atoms. The minimum atomic E-state index is -1.52. The van der Waals surface area contributed by atoms with Gasteiger partial charge in [-0.2, -0.15) is 0 Å². The van der Waals surface area contributed by atoms with Crippen molar-refractivity contribution in [2.75, 3.05) is 26.2 Å². The van der Waals surface area contributed by atoms with Crippen LogP contribution in [0.25, 0.3) is 0 Å². The molecule has 3 aliphatic heterocycles.